The van der Waals surface area contributed by atoms with Gasteiger partial charge in [-0.05, 0) is 0 Å². The highest BCUT2D eigenvalue weighted by Gasteiger charge is 2.57. The molecular formula is C21H27N8O6S2+. The van der Waals surface area contributed by atoms with E-state index in [9.17, 15) is 24.3 Å². The smallest absolute Gasteiger partial charge is 0.352 e. The number of oxime groups is 1. The van der Waals surface area contributed by atoms with Crippen LogP contribution in [0.15, 0.2) is 16.4 Å². The van der Waals surface area contributed by atoms with Crippen LogP contribution in [0.1, 0.15) is 25.1 Å². The lowest BCUT2D eigenvalue weighted by Crippen LogP contribution is -2.71. The molecule has 14 nitrogen and oxygen atoms in total. The number of β-lactam (4-membered cyclic amide) rings is 1. The van der Waals surface area contributed by atoms with Crippen LogP contribution in [0.25, 0.3) is 0 Å². The zero-order chi connectivity index (χ0) is 26.5. The topological polar surface area (TPSA) is 203 Å². The first kappa shape index (κ1) is 25.4. The number of carboxylic acids is 1. The second-order valence-corrected chi connectivity index (χ2v) is 11.7. The van der Waals surface area contributed by atoms with E-state index in [1.165, 1.54) is 23.8 Å². The predicted molar refractivity (Wildman–Crippen MR) is 133 cm³/mol. The summed E-state index contributed by atoms with van der Waals surface area (Å²) in [5.74, 6) is -2.31. The number of piperidine rings is 3. The van der Waals surface area contributed by atoms with Crippen LogP contribution in [-0.4, -0.2) is 104 Å². The Kier molecular flexibility index (Phi) is 6.35. The molecule has 2 bridgehead atoms. The third-order valence-electron chi connectivity index (χ3n) is 7.83. The monoisotopic (exact) mass is 551 g/mol. The highest BCUT2D eigenvalue weighted by Crippen LogP contribution is 2.46. The van der Waals surface area contributed by atoms with Gasteiger partial charge in [-0.2, -0.15) is 9.36 Å². The first-order chi connectivity index (χ1) is 17.6. The number of aromatic nitrogens is 2. The number of nitrogens with zero attached hydrogens (tertiary/aromatic N) is 5. The van der Waals surface area contributed by atoms with Crippen molar-refractivity contribution in [1.82, 2.24) is 19.6 Å². The number of rotatable bonds is 8. The lowest BCUT2D eigenvalue weighted by Gasteiger charge is -2.55. The molecule has 16 heteroatoms. The molecule has 0 saturated carbocycles. The van der Waals surface area contributed by atoms with Gasteiger partial charge in [0.05, 0.1) is 25.0 Å². The van der Waals surface area contributed by atoms with Crippen molar-refractivity contribution in [3.63, 3.8) is 0 Å². The van der Waals surface area contributed by atoms with E-state index in [1.807, 2.05) is 0 Å². The summed E-state index contributed by atoms with van der Waals surface area (Å²) >= 11 is 2.28. The number of carbonyl (C=O) groups is 4. The number of carbonyl (C=O) groups excluding carboxylic acids is 3. The summed E-state index contributed by atoms with van der Waals surface area (Å²) in [7, 11) is 1.26. The van der Waals surface area contributed by atoms with Gasteiger partial charge in [-0.1, -0.05) is 5.16 Å². The van der Waals surface area contributed by atoms with Crippen LogP contribution in [0, 0.1) is 5.41 Å². The van der Waals surface area contributed by atoms with Gasteiger partial charge < -0.3 is 31.2 Å². The van der Waals surface area contributed by atoms with Gasteiger partial charge in [-0.3, -0.25) is 19.3 Å². The largest absolute Gasteiger partial charge is 0.477 e. The van der Waals surface area contributed by atoms with Gasteiger partial charge in [0.15, 0.2) is 5.13 Å². The summed E-state index contributed by atoms with van der Waals surface area (Å²) in [6.07, 6.45) is 2.07. The number of anilines is 1. The van der Waals surface area contributed by atoms with E-state index in [4.69, 9.17) is 16.3 Å². The fraction of sp³-hybridized carbons (Fsp3) is 0.571. The number of hydrogen-bond acceptors (Lipinski definition) is 11. The number of thioether (sulfide) groups is 1. The molecule has 1 unspecified atom stereocenters. The number of aliphatic carboxylic acids is 1. The van der Waals surface area contributed by atoms with Crippen molar-refractivity contribution >= 4 is 57.8 Å². The van der Waals surface area contributed by atoms with Crippen molar-refractivity contribution in [3.8, 4) is 0 Å². The molecule has 5 aliphatic heterocycles. The Labute approximate surface area is 219 Å². The Balaban J connectivity index is 1.32. The van der Waals surface area contributed by atoms with Crippen molar-refractivity contribution in [2.24, 2.45) is 16.3 Å². The zero-order valence-corrected chi connectivity index (χ0v) is 21.6. The number of fused-ring (bicyclic) bond motifs is 4. The number of nitrogens with one attached hydrogen (secondary N) is 1. The van der Waals surface area contributed by atoms with Crippen molar-refractivity contribution in [2.75, 3.05) is 44.8 Å². The number of hydrogen-bond donors (Lipinski definition) is 4. The first-order valence-electron chi connectivity index (χ1n) is 11.7. The average Bonchev–Trinajstić information content (AvgIpc) is 3.31. The molecule has 3 amide bonds. The third-order valence-corrected chi connectivity index (χ3v) is 9.71. The maximum Gasteiger partial charge on any atom is 0.352 e. The molecule has 198 valence electrons. The standard InChI is InChI=1S/C21H26N8O6S2/c1-35-26-11(14-25-20(23)37-27-14)15(30)24-12-16(31)28-13(18(32)33)10(9-36-17(12)28)8-29-5-2-21(3-6-29,4-7-29)19(22)34/h12,17H,2-9H2,1H3,(H5-,22,23,24,25,27,30,32,33,34)/p+1/t12-,17?,21?,29?/m1/s1. The number of nitrogens with two attached hydrogens (primary N) is 2. The van der Waals surface area contributed by atoms with Crippen LogP contribution in [-0.2, 0) is 24.0 Å². The lowest BCUT2D eigenvalue weighted by molar-refractivity contribution is -0.940. The molecule has 0 aromatic carbocycles. The van der Waals surface area contributed by atoms with Gasteiger partial charge in [-0.25, -0.2) is 4.79 Å². The molecule has 6 N–H and O–H groups in total. The van der Waals surface area contributed by atoms with Gasteiger partial charge in [0.2, 0.25) is 17.4 Å². The minimum Gasteiger partial charge on any atom is -0.477 e. The quantitative estimate of drug-likeness (QED) is 0.130. The van der Waals surface area contributed by atoms with Crippen LogP contribution in [0.5, 0.6) is 0 Å². The minimum atomic E-state index is -1.18. The Hall–Kier alpha value is -3.24. The van der Waals surface area contributed by atoms with Crippen LogP contribution < -0.4 is 16.8 Å². The molecule has 4 saturated heterocycles. The number of nitrogen functional groups attached to an aromatic ring is 1. The van der Waals surface area contributed by atoms with Crippen molar-refractivity contribution in [3.05, 3.63) is 17.1 Å². The van der Waals surface area contributed by atoms with Crippen LogP contribution >= 0.6 is 23.3 Å². The number of amides is 3. The molecule has 5 aliphatic rings. The summed E-state index contributed by atoms with van der Waals surface area (Å²) in [5, 5.41) is 15.9. The van der Waals surface area contributed by atoms with Gasteiger partial charge >= 0.3 is 5.97 Å². The Morgan fingerprint density at radius 3 is 2.51 bits per heavy atom. The zero-order valence-electron chi connectivity index (χ0n) is 20.0. The molecule has 4 fully saturated rings. The van der Waals surface area contributed by atoms with Crippen molar-refractivity contribution < 1.29 is 33.6 Å². The maximum absolute atomic E-state index is 13.1. The molecule has 2 atom stereocenters. The summed E-state index contributed by atoms with van der Waals surface area (Å²) in [5.41, 5.74) is 11.2. The highest BCUT2D eigenvalue weighted by molar-refractivity contribution is 8.00. The Bertz CT molecular complexity index is 1220. The Morgan fingerprint density at radius 2 is 1.97 bits per heavy atom. The third kappa shape index (κ3) is 4.21. The van der Waals surface area contributed by atoms with Gasteiger partial charge in [0, 0.05) is 42.1 Å². The highest BCUT2D eigenvalue weighted by atomic mass is 32.2. The Morgan fingerprint density at radius 1 is 1.30 bits per heavy atom. The van der Waals surface area contributed by atoms with Crippen LogP contribution in [0.2, 0.25) is 0 Å². The summed E-state index contributed by atoms with van der Waals surface area (Å²) in [6, 6.07) is -0.945. The van der Waals surface area contributed by atoms with E-state index in [-0.39, 0.29) is 28.3 Å². The van der Waals surface area contributed by atoms with E-state index >= 15 is 0 Å². The maximum atomic E-state index is 13.1. The average molecular weight is 552 g/mol. The molecule has 0 aliphatic carbocycles. The molecule has 0 spiro atoms. The fourth-order valence-electron chi connectivity index (χ4n) is 5.70. The first-order valence-corrected chi connectivity index (χ1v) is 13.5. The fourth-order valence-corrected chi connectivity index (χ4v) is 7.47. The van der Waals surface area contributed by atoms with E-state index in [1.54, 1.807) is 0 Å². The van der Waals surface area contributed by atoms with Gasteiger partial charge in [0.25, 0.3) is 11.8 Å². The number of primary amides is 1. The number of carboxylic acid groups (broad SMARTS) is 1. The molecule has 0 radical (unpaired) electrons. The molecule has 6 rings (SSSR count). The summed E-state index contributed by atoms with van der Waals surface area (Å²) < 4.78 is 4.65. The van der Waals surface area contributed by atoms with Crippen molar-refractivity contribution in [2.45, 2.75) is 30.7 Å². The van der Waals surface area contributed by atoms with Crippen LogP contribution in [0.4, 0.5) is 5.13 Å². The number of quaternary nitrogens is 1. The van der Waals surface area contributed by atoms with Gasteiger partial charge in [-0.15, -0.1) is 11.8 Å². The minimum absolute atomic E-state index is 0.0243. The second kappa shape index (κ2) is 9.25. The molecule has 37 heavy (non-hydrogen) atoms. The molecule has 1 aromatic rings. The van der Waals surface area contributed by atoms with E-state index < -0.39 is 34.6 Å². The normalized spacial score (nSPS) is 31.0. The van der Waals surface area contributed by atoms with E-state index in [0.29, 0.717) is 41.6 Å². The van der Waals surface area contributed by atoms with Crippen molar-refractivity contribution in [1.29, 1.82) is 0 Å². The predicted octanol–water partition coefficient (Wildman–Crippen LogP) is -1.30. The lowest BCUT2D eigenvalue weighted by atomic mass is 9.70. The molecule has 6 heterocycles. The van der Waals surface area contributed by atoms with E-state index in [0.717, 1.165) is 31.2 Å². The van der Waals surface area contributed by atoms with E-state index in [2.05, 4.69) is 19.8 Å². The molecular weight excluding hydrogens is 524 g/mol. The van der Waals surface area contributed by atoms with Gasteiger partial charge in [0.1, 0.15) is 30.8 Å². The summed E-state index contributed by atoms with van der Waals surface area (Å²) in [6.45, 7) is 2.74. The SMILES string of the molecule is CON=C(C(=O)N[C@@H]1C(=O)N2C(C(=O)O)=C(C[N+]34CCC(C(N)=O)(CC3)CC4)CSC12)c1nsc(N)n1. The second-order valence-electron chi connectivity index (χ2n) is 9.76. The van der Waals surface area contributed by atoms with Crippen LogP contribution in [0.3, 0.4) is 0 Å². The summed E-state index contributed by atoms with van der Waals surface area (Å²) in [4.78, 5) is 60.2. The molecule has 1 aromatic heterocycles.